The van der Waals surface area contributed by atoms with Crippen LogP contribution in [0.1, 0.15) is 0 Å². The van der Waals surface area contributed by atoms with Crippen LogP contribution in [0.15, 0.2) is 24.0 Å². The first-order valence-electron chi connectivity index (χ1n) is 2.96. The van der Waals surface area contributed by atoms with Crippen molar-refractivity contribution >= 4 is 11.6 Å². The first-order valence-corrected chi connectivity index (χ1v) is 2.96. The molecule has 0 saturated carbocycles. The summed E-state index contributed by atoms with van der Waals surface area (Å²) in [5, 5.41) is 8.27. The molecule has 4 nitrogen and oxygen atoms in total. The van der Waals surface area contributed by atoms with Crippen LogP contribution in [-0.4, -0.2) is 23.5 Å². The fraction of sp³-hybridized carbons (Fsp3) is 0.143. The van der Waals surface area contributed by atoms with Gasteiger partial charge in [-0.05, 0) is 12.2 Å². The van der Waals surface area contributed by atoms with Crippen LogP contribution in [-0.2, 0) is 14.3 Å². The number of ether oxygens (including phenoxy) is 1. The van der Waals surface area contributed by atoms with E-state index >= 15 is 0 Å². The molecule has 0 spiro atoms. The molecule has 1 N–H and O–H groups in total. The van der Waals surface area contributed by atoms with Crippen LogP contribution in [0.3, 0.4) is 0 Å². The normalized spacial score (nSPS) is 16.6. The third-order valence-electron chi connectivity index (χ3n) is 1.14. The Labute approximate surface area is 62.8 Å². The monoisotopic (exact) mass is 154 g/mol. The summed E-state index contributed by atoms with van der Waals surface area (Å²) < 4.78 is 4.46. The molecule has 0 radical (unpaired) electrons. The highest BCUT2D eigenvalue weighted by molar-refractivity contribution is 6.16. The number of rotatable bonds is 2. The van der Waals surface area contributed by atoms with Crippen LogP contribution >= 0.6 is 0 Å². The Morgan fingerprint density at radius 2 is 2.09 bits per heavy atom. The van der Waals surface area contributed by atoms with Crippen LogP contribution in [0.2, 0.25) is 0 Å². The molecular formula is C7H6O4. The van der Waals surface area contributed by atoms with Gasteiger partial charge < -0.3 is 9.84 Å². The van der Waals surface area contributed by atoms with Gasteiger partial charge in [0.05, 0.1) is 0 Å². The van der Waals surface area contributed by atoms with Gasteiger partial charge >= 0.3 is 0 Å². The molecule has 0 atom stereocenters. The molecule has 0 aromatic heterocycles. The Kier molecular flexibility index (Phi) is 2.18. The summed E-state index contributed by atoms with van der Waals surface area (Å²) in [7, 11) is 0. The largest absolute Gasteiger partial charge is 0.464 e. The molecule has 0 amide bonds. The van der Waals surface area contributed by atoms with Crippen LogP contribution in [0.25, 0.3) is 0 Å². The smallest absolute Gasteiger partial charge is 0.220 e. The number of ketones is 2. The lowest BCUT2D eigenvalue weighted by Crippen LogP contribution is -2.10. The molecule has 0 heterocycles. The van der Waals surface area contributed by atoms with Crippen LogP contribution in [0, 0.1) is 0 Å². The second kappa shape index (κ2) is 3.12. The van der Waals surface area contributed by atoms with Crippen LogP contribution in [0.5, 0.6) is 0 Å². The third-order valence-corrected chi connectivity index (χ3v) is 1.14. The van der Waals surface area contributed by atoms with Crippen molar-refractivity contribution in [3.63, 3.8) is 0 Å². The number of carbonyl (C=O) groups excluding carboxylic acids is 2. The number of carbonyl (C=O) groups is 2. The highest BCUT2D eigenvalue weighted by Gasteiger charge is 2.13. The summed E-state index contributed by atoms with van der Waals surface area (Å²) in [4.78, 5) is 21.4. The van der Waals surface area contributed by atoms with E-state index < -0.39 is 12.6 Å². The summed E-state index contributed by atoms with van der Waals surface area (Å²) in [6.07, 6.45) is 3.29. The fourth-order valence-corrected chi connectivity index (χ4v) is 0.671. The average molecular weight is 154 g/mol. The maximum absolute atomic E-state index is 10.8. The Morgan fingerprint density at radius 3 is 2.73 bits per heavy atom. The van der Waals surface area contributed by atoms with Gasteiger partial charge in [0.1, 0.15) is 0 Å². The molecular weight excluding hydrogens is 148 g/mol. The Hall–Kier alpha value is -1.42. The predicted molar refractivity (Wildman–Crippen MR) is 35.4 cm³/mol. The Morgan fingerprint density at radius 1 is 1.36 bits per heavy atom. The molecule has 0 aromatic rings. The standard InChI is InChI=1S/C7H6O4/c8-4-11-7-3-5(9)1-2-6(7)10/h1-3,8H,4H2. The third kappa shape index (κ3) is 1.75. The lowest BCUT2D eigenvalue weighted by atomic mass is 10.1. The lowest BCUT2D eigenvalue weighted by Gasteiger charge is -2.05. The van der Waals surface area contributed by atoms with Crippen LogP contribution < -0.4 is 0 Å². The van der Waals surface area contributed by atoms with Crippen molar-refractivity contribution in [1.82, 2.24) is 0 Å². The van der Waals surface area contributed by atoms with Gasteiger partial charge in [0.15, 0.2) is 18.3 Å². The molecule has 11 heavy (non-hydrogen) atoms. The highest BCUT2D eigenvalue weighted by Crippen LogP contribution is 2.05. The van der Waals surface area contributed by atoms with Crippen molar-refractivity contribution in [2.24, 2.45) is 0 Å². The van der Waals surface area contributed by atoms with Gasteiger partial charge in [0.2, 0.25) is 5.78 Å². The van der Waals surface area contributed by atoms with E-state index in [1.165, 1.54) is 0 Å². The molecule has 1 aliphatic carbocycles. The van der Waals surface area contributed by atoms with E-state index in [-0.39, 0.29) is 11.5 Å². The minimum atomic E-state index is -0.599. The molecule has 1 aliphatic rings. The Balaban J connectivity index is 2.76. The minimum absolute atomic E-state index is 0.111. The van der Waals surface area contributed by atoms with E-state index in [4.69, 9.17) is 5.11 Å². The number of hydrogen-bond acceptors (Lipinski definition) is 4. The zero-order valence-electron chi connectivity index (χ0n) is 5.61. The highest BCUT2D eigenvalue weighted by atomic mass is 16.6. The molecule has 0 aromatic carbocycles. The molecule has 4 heteroatoms. The number of hydrogen-bond donors (Lipinski definition) is 1. The zero-order chi connectivity index (χ0) is 8.27. The van der Waals surface area contributed by atoms with Gasteiger partial charge in [0.25, 0.3) is 0 Å². The van der Waals surface area contributed by atoms with Gasteiger partial charge in [-0.2, -0.15) is 0 Å². The van der Waals surface area contributed by atoms with E-state index in [0.717, 1.165) is 18.2 Å². The topological polar surface area (TPSA) is 63.6 Å². The first kappa shape index (κ1) is 7.68. The van der Waals surface area contributed by atoms with Crippen molar-refractivity contribution in [2.45, 2.75) is 0 Å². The van der Waals surface area contributed by atoms with Gasteiger partial charge in [-0.25, -0.2) is 0 Å². The summed E-state index contributed by atoms with van der Waals surface area (Å²) >= 11 is 0. The number of aliphatic hydroxyl groups excluding tert-OH is 1. The lowest BCUT2D eigenvalue weighted by molar-refractivity contribution is -0.118. The predicted octanol–water partition coefficient (Wildman–Crippen LogP) is -0.455. The second-order valence-corrected chi connectivity index (χ2v) is 1.88. The first-order chi connectivity index (χ1) is 5.24. The fourth-order valence-electron chi connectivity index (χ4n) is 0.671. The molecule has 0 saturated heterocycles. The maximum atomic E-state index is 10.8. The van der Waals surface area contributed by atoms with E-state index in [9.17, 15) is 9.59 Å². The van der Waals surface area contributed by atoms with E-state index in [1.807, 2.05) is 0 Å². The number of allylic oxidation sites excluding steroid dienone is 3. The van der Waals surface area contributed by atoms with Gasteiger partial charge in [-0.15, -0.1) is 0 Å². The SMILES string of the molecule is O=C1C=CC(=O)C(OCO)=C1. The molecule has 0 unspecified atom stereocenters. The molecule has 0 fully saturated rings. The number of aliphatic hydroxyl groups is 1. The van der Waals surface area contributed by atoms with Crippen molar-refractivity contribution in [2.75, 3.05) is 6.79 Å². The van der Waals surface area contributed by atoms with E-state index in [2.05, 4.69) is 4.74 Å². The quantitative estimate of drug-likeness (QED) is 0.432. The summed E-state index contributed by atoms with van der Waals surface area (Å²) in [5.41, 5.74) is 0. The summed E-state index contributed by atoms with van der Waals surface area (Å²) in [5.74, 6) is -0.827. The average Bonchev–Trinajstić information content (AvgIpc) is 1.98. The Bertz CT molecular complexity index is 249. The second-order valence-electron chi connectivity index (χ2n) is 1.88. The van der Waals surface area contributed by atoms with Crippen molar-refractivity contribution < 1.29 is 19.4 Å². The van der Waals surface area contributed by atoms with Crippen molar-refractivity contribution in [1.29, 1.82) is 0 Å². The molecule has 0 bridgehead atoms. The van der Waals surface area contributed by atoms with E-state index in [1.54, 1.807) is 0 Å². The van der Waals surface area contributed by atoms with E-state index in [0.29, 0.717) is 0 Å². The van der Waals surface area contributed by atoms with Gasteiger partial charge in [-0.3, -0.25) is 9.59 Å². The van der Waals surface area contributed by atoms with Gasteiger partial charge in [0, 0.05) is 6.08 Å². The van der Waals surface area contributed by atoms with Crippen molar-refractivity contribution in [3.8, 4) is 0 Å². The zero-order valence-corrected chi connectivity index (χ0v) is 5.61. The summed E-state index contributed by atoms with van der Waals surface area (Å²) in [6.45, 7) is -0.599. The molecule has 1 rings (SSSR count). The van der Waals surface area contributed by atoms with Gasteiger partial charge in [-0.1, -0.05) is 0 Å². The van der Waals surface area contributed by atoms with Crippen molar-refractivity contribution in [3.05, 3.63) is 24.0 Å². The van der Waals surface area contributed by atoms with Crippen LogP contribution in [0.4, 0.5) is 0 Å². The molecule has 0 aliphatic heterocycles. The maximum Gasteiger partial charge on any atom is 0.220 e. The molecule has 58 valence electrons. The minimum Gasteiger partial charge on any atom is -0.464 e. The summed E-state index contributed by atoms with van der Waals surface area (Å²) in [6, 6.07) is 0.